The predicted molar refractivity (Wildman–Crippen MR) is 109 cm³/mol. The molecule has 2 aromatic heterocycles. The van der Waals surface area contributed by atoms with Crippen LogP contribution in [0.1, 0.15) is 5.76 Å². The fourth-order valence-corrected chi connectivity index (χ4v) is 2.49. The Hall–Kier alpha value is -4.27. The standard InChI is InChI=1S/C20H18N6O3/c27-15-7-3-13(4-8-15)22-19-24-18(21-12-17-2-1-11-29-17)25-20(26-19)23-14-5-9-16(28)10-6-14/h1-11,27-28H,12H2,(H3,21,22,23,24,25,26). The fourth-order valence-electron chi connectivity index (χ4n) is 2.49. The third-order valence-electron chi connectivity index (χ3n) is 3.88. The molecule has 0 aliphatic heterocycles. The van der Waals surface area contributed by atoms with E-state index in [-0.39, 0.29) is 11.5 Å². The van der Waals surface area contributed by atoms with Gasteiger partial charge in [-0.25, -0.2) is 0 Å². The summed E-state index contributed by atoms with van der Waals surface area (Å²) in [6.07, 6.45) is 1.60. The van der Waals surface area contributed by atoms with Gasteiger partial charge < -0.3 is 30.6 Å². The summed E-state index contributed by atoms with van der Waals surface area (Å²) < 4.78 is 5.32. The molecule has 0 bridgehead atoms. The second kappa shape index (κ2) is 8.17. The van der Waals surface area contributed by atoms with Crippen LogP contribution in [0.15, 0.2) is 71.3 Å². The van der Waals surface area contributed by atoms with Gasteiger partial charge in [0.25, 0.3) is 0 Å². The smallest absolute Gasteiger partial charge is 0.233 e. The lowest BCUT2D eigenvalue weighted by molar-refractivity contribution is 0.475. The Morgan fingerprint density at radius 2 is 1.21 bits per heavy atom. The second-order valence-electron chi connectivity index (χ2n) is 6.08. The summed E-state index contributed by atoms with van der Waals surface area (Å²) >= 11 is 0. The van der Waals surface area contributed by atoms with Crippen LogP contribution >= 0.6 is 0 Å². The van der Waals surface area contributed by atoms with Crippen LogP contribution < -0.4 is 16.0 Å². The van der Waals surface area contributed by atoms with Crippen LogP contribution in [0.2, 0.25) is 0 Å². The molecule has 0 saturated heterocycles. The summed E-state index contributed by atoms with van der Waals surface area (Å²) in [5.41, 5.74) is 1.42. The number of phenols is 2. The van der Waals surface area contributed by atoms with Crippen LogP contribution in [0.25, 0.3) is 0 Å². The van der Waals surface area contributed by atoms with E-state index in [1.54, 1.807) is 60.9 Å². The number of anilines is 5. The van der Waals surface area contributed by atoms with Crippen molar-refractivity contribution in [2.24, 2.45) is 0 Å². The van der Waals surface area contributed by atoms with Crippen molar-refractivity contribution in [2.45, 2.75) is 6.54 Å². The highest BCUT2D eigenvalue weighted by Gasteiger charge is 2.09. The average Bonchev–Trinajstić information content (AvgIpc) is 3.24. The zero-order valence-electron chi connectivity index (χ0n) is 15.2. The quantitative estimate of drug-likeness (QED) is 0.298. The summed E-state index contributed by atoms with van der Waals surface area (Å²) in [5, 5.41) is 28.1. The summed E-state index contributed by atoms with van der Waals surface area (Å²) in [6, 6.07) is 16.8. The molecule has 0 unspecified atom stereocenters. The van der Waals surface area contributed by atoms with E-state index in [0.717, 1.165) is 5.76 Å². The van der Waals surface area contributed by atoms with E-state index in [2.05, 4.69) is 30.9 Å². The number of phenolic OH excluding ortho intramolecular Hbond substituents is 2. The third kappa shape index (κ3) is 4.92. The molecule has 0 radical (unpaired) electrons. The van der Waals surface area contributed by atoms with Gasteiger partial charge in [-0.3, -0.25) is 0 Å². The van der Waals surface area contributed by atoms with Crippen molar-refractivity contribution in [2.75, 3.05) is 16.0 Å². The van der Waals surface area contributed by atoms with Gasteiger partial charge in [0.05, 0.1) is 12.8 Å². The molecule has 2 heterocycles. The van der Waals surface area contributed by atoms with Crippen molar-refractivity contribution < 1.29 is 14.6 Å². The number of benzene rings is 2. The van der Waals surface area contributed by atoms with Gasteiger partial charge >= 0.3 is 0 Å². The summed E-state index contributed by atoms with van der Waals surface area (Å²) in [7, 11) is 0. The van der Waals surface area contributed by atoms with Gasteiger partial charge in [-0.15, -0.1) is 0 Å². The van der Waals surface area contributed by atoms with Crippen LogP contribution in [-0.4, -0.2) is 25.2 Å². The Morgan fingerprint density at radius 1 is 0.690 bits per heavy atom. The normalized spacial score (nSPS) is 10.5. The molecular formula is C20H18N6O3. The summed E-state index contributed by atoms with van der Waals surface area (Å²) in [6.45, 7) is 0.411. The van der Waals surface area contributed by atoms with Gasteiger partial charge in [0.1, 0.15) is 17.3 Å². The number of rotatable bonds is 7. The number of aromatic hydroxyl groups is 2. The number of furan rings is 1. The Kier molecular flexibility index (Phi) is 5.10. The van der Waals surface area contributed by atoms with Crippen molar-refractivity contribution in [3.05, 3.63) is 72.7 Å². The van der Waals surface area contributed by atoms with Gasteiger partial charge in [0.2, 0.25) is 17.8 Å². The van der Waals surface area contributed by atoms with Crippen molar-refractivity contribution in [1.82, 2.24) is 15.0 Å². The molecule has 0 amide bonds. The van der Waals surface area contributed by atoms with E-state index in [9.17, 15) is 10.2 Å². The maximum atomic E-state index is 9.44. The highest BCUT2D eigenvalue weighted by Crippen LogP contribution is 2.21. The zero-order valence-corrected chi connectivity index (χ0v) is 15.2. The lowest BCUT2D eigenvalue weighted by Crippen LogP contribution is -2.09. The summed E-state index contributed by atoms with van der Waals surface area (Å²) in [4.78, 5) is 13.1. The van der Waals surface area contributed by atoms with Crippen LogP contribution in [-0.2, 0) is 6.54 Å². The molecular weight excluding hydrogens is 372 g/mol. The lowest BCUT2D eigenvalue weighted by atomic mass is 10.3. The molecule has 9 heteroatoms. The Bertz CT molecular complexity index is 1000. The van der Waals surface area contributed by atoms with Crippen LogP contribution in [0, 0.1) is 0 Å². The minimum absolute atomic E-state index is 0.168. The molecule has 146 valence electrons. The first-order valence-corrected chi connectivity index (χ1v) is 8.78. The Morgan fingerprint density at radius 3 is 1.69 bits per heavy atom. The van der Waals surface area contributed by atoms with E-state index in [1.807, 2.05) is 6.07 Å². The Balaban J connectivity index is 1.58. The molecule has 0 aliphatic carbocycles. The molecule has 9 nitrogen and oxygen atoms in total. The molecule has 0 atom stereocenters. The number of hydrogen-bond acceptors (Lipinski definition) is 9. The van der Waals surface area contributed by atoms with E-state index in [1.165, 1.54) is 0 Å². The monoisotopic (exact) mass is 390 g/mol. The number of nitrogens with zero attached hydrogens (tertiary/aromatic N) is 3. The maximum Gasteiger partial charge on any atom is 0.233 e. The van der Waals surface area contributed by atoms with E-state index in [0.29, 0.717) is 35.8 Å². The lowest BCUT2D eigenvalue weighted by Gasteiger charge is -2.11. The molecule has 29 heavy (non-hydrogen) atoms. The topological polar surface area (TPSA) is 128 Å². The van der Waals surface area contributed by atoms with Crippen molar-refractivity contribution in [3.8, 4) is 11.5 Å². The van der Waals surface area contributed by atoms with Crippen LogP contribution in [0.5, 0.6) is 11.5 Å². The largest absolute Gasteiger partial charge is 0.508 e. The average molecular weight is 390 g/mol. The van der Waals surface area contributed by atoms with Gasteiger partial charge in [-0.2, -0.15) is 15.0 Å². The Labute approximate surface area is 166 Å². The number of nitrogens with one attached hydrogen (secondary N) is 3. The molecule has 5 N–H and O–H groups in total. The minimum atomic E-state index is 0.168. The second-order valence-corrected chi connectivity index (χ2v) is 6.08. The highest BCUT2D eigenvalue weighted by atomic mass is 16.3. The predicted octanol–water partition coefficient (Wildman–Crippen LogP) is 3.98. The van der Waals surface area contributed by atoms with Gasteiger partial charge in [-0.1, -0.05) is 0 Å². The van der Waals surface area contributed by atoms with Gasteiger partial charge in [0, 0.05) is 11.4 Å². The van der Waals surface area contributed by atoms with Gasteiger partial charge in [-0.05, 0) is 60.7 Å². The van der Waals surface area contributed by atoms with Crippen LogP contribution in [0.4, 0.5) is 29.2 Å². The molecule has 2 aromatic carbocycles. The molecule has 4 rings (SSSR count). The SMILES string of the molecule is Oc1ccc(Nc2nc(NCc3ccco3)nc(Nc3ccc(O)cc3)n2)cc1. The van der Waals surface area contributed by atoms with Crippen molar-refractivity contribution in [3.63, 3.8) is 0 Å². The molecule has 4 aromatic rings. The first-order valence-electron chi connectivity index (χ1n) is 8.78. The molecule has 0 fully saturated rings. The molecule has 0 saturated carbocycles. The van der Waals surface area contributed by atoms with Crippen molar-refractivity contribution in [1.29, 1.82) is 0 Å². The fraction of sp³-hybridized carbons (Fsp3) is 0.0500. The molecule has 0 spiro atoms. The highest BCUT2D eigenvalue weighted by molar-refractivity contribution is 5.60. The zero-order chi connectivity index (χ0) is 20.1. The first-order chi connectivity index (χ1) is 14.1. The van der Waals surface area contributed by atoms with E-state index in [4.69, 9.17) is 4.42 Å². The summed E-state index contributed by atoms with van der Waals surface area (Å²) in [5.74, 6) is 2.05. The van der Waals surface area contributed by atoms with Gasteiger partial charge in [0.15, 0.2) is 0 Å². The first kappa shape index (κ1) is 18.1. The molecule has 0 aliphatic rings. The minimum Gasteiger partial charge on any atom is -0.508 e. The number of aromatic nitrogens is 3. The van der Waals surface area contributed by atoms with Crippen molar-refractivity contribution >= 4 is 29.2 Å². The van der Waals surface area contributed by atoms with Crippen LogP contribution in [0.3, 0.4) is 0 Å². The van der Waals surface area contributed by atoms with E-state index < -0.39 is 0 Å². The number of hydrogen-bond donors (Lipinski definition) is 5. The maximum absolute atomic E-state index is 9.44. The third-order valence-corrected chi connectivity index (χ3v) is 3.88. The van der Waals surface area contributed by atoms with E-state index >= 15 is 0 Å².